The Bertz CT molecular complexity index is 1100. The first kappa shape index (κ1) is 17.9. The van der Waals surface area contributed by atoms with E-state index >= 15 is 0 Å². The first-order valence-electron chi connectivity index (χ1n) is 8.32. The molecule has 4 aromatic rings. The summed E-state index contributed by atoms with van der Waals surface area (Å²) in [5.41, 5.74) is 1.24. The molecule has 2 aromatic carbocycles. The van der Waals surface area contributed by atoms with E-state index in [4.69, 9.17) is 4.74 Å². The number of ether oxygens (including phenoxy) is 1. The van der Waals surface area contributed by atoms with Crippen molar-refractivity contribution in [2.75, 3.05) is 5.32 Å². The van der Waals surface area contributed by atoms with Crippen LogP contribution >= 0.6 is 15.9 Å². The molecular formula is C20H14BrN5O2. The maximum atomic E-state index is 12.3. The van der Waals surface area contributed by atoms with Crippen molar-refractivity contribution < 1.29 is 9.53 Å². The molecule has 0 aliphatic heterocycles. The van der Waals surface area contributed by atoms with E-state index in [9.17, 15) is 4.79 Å². The Morgan fingerprint density at radius 1 is 1.07 bits per heavy atom. The van der Waals surface area contributed by atoms with Crippen molar-refractivity contribution in [2.24, 2.45) is 0 Å². The topological polar surface area (TPSA) is 81.9 Å². The third-order valence-corrected chi connectivity index (χ3v) is 4.31. The molecule has 0 fully saturated rings. The van der Waals surface area contributed by atoms with Gasteiger partial charge in [0, 0.05) is 34.2 Å². The molecule has 0 atom stereocenters. The van der Waals surface area contributed by atoms with Crippen LogP contribution in [0, 0.1) is 0 Å². The van der Waals surface area contributed by atoms with E-state index in [1.54, 1.807) is 65.8 Å². The summed E-state index contributed by atoms with van der Waals surface area (Å²) in [6.07, 6.45) is 6.53. The minimum Gasteiger partial charge on any atom is -0.439 e. The van der Waals surface area contributed by atoms with Gasteiger partial charge in [0.2, 0.25) is 5.88 Å². The number of nitrogens with zero attached hydrogens (tertiary/aromatic N) is 4. The normalized spacial score (nSPS) is 10.5. The molecule has 7 nitrogen and oxygen atoms in total. The number of benzene rings is 2. The quantitative estimate of drug-likeness (QED) is 0.499. The van der Waals surface area contributed by atoms with Crippen LogP contribution in [0.5, 0.6) is 11.6 Å². The number of amides is 1. The third-order valence-electron chi connectivity index (χ3n) is 3.82. The lowest BCUT2D eigenvalue weighted by molar-refractivity contribution is 0.102. The zero-order valence-corrected chi connectivity index (χ0v) is 16.1. The van der Waals surface area contributed by atoms with Crippen molar-refractivity contribution in [3.8, 4) is 17.4 Å². The first-order chi connectivity index (χ1) is 13.7. The molecule has 4 rings (SSSR count). The van der Waals surface area contributed by atoms with Gasteiger partial charge in [-0.05, 0) is 42.5 Å². The van der Waals surface area contributed by atoms with Crippen LogP contribution in [0.4, 0.5) is 5.69 Å². The summed E-state index contributed by atoms with van der Waals surface area (Å²) in [5.74, 6) is 1.47. The fourth-order valence-corrected chi connectivity index (χ4v) is 2.88. The molecule has 2 aromatic heterocycles. The molecule has 0 bridgehead atoms. The van der Waals surface area contributed by atoms with Gasteiger partial charge in [0.25, 0.3) is 5.91 Å². The number of aromatic nitrogens is 4. The van der Waals surface area contributed by atoms with Crippen molar-refractivity contribution >= 4 is 27.5 Å². The number of halogens is 1. The van der Waals surface area contributed by atoms with E-state index in [-0.39, 0.29) is 5.91 Å². The average Bonchev–Trinajstić information content (AvgIpc) is 3.25. The molecule has 1 amide bonds. The molecule has 0 aliphatic carbocycles. The van der Waals surface area contributed by atoms with Gasteiger partial charge in [-0.2, -0.15) is 0 Å². The van der Waals surface area contributed by atoms with Gasteiger partial charge < -0.3 is 10.1 Å². The van der Waals surface area contributed by atoms with Crippen LogP contribution in [-0.2, 0) is 0 Å². The highest BCUT2D eigenvalue weighted by Crippen LogP contribution is 2.23. The Morgan fingerprint density at radius 3 is 2.68 bits per heavy atom. The molecule has 0 radical (unpaired) electrons. The summed E-state index contributed by atoms with van der Waals surface area (Å²) in [6.45, 7) is 0. The summed E-state index contributed by atoms with van der Waals surface area (Å²) in [5, 5.41) is 2.85. The summed E-state index contributed by atoms with van der Waals surface area (Å²) < 4.78 is 8.38. The molecule has 1 N–H and O–H groups in total. The Hall–Kier alpha value is -3.52. The first-order valence-corrected chi connectivity index (χ1v) is 9.12. The Labute approximate surface area is 169 Å². The molecular weight excluding hydrogens is 422 g/mol. The maximum Gasteiger partial charge on any atom is 0.255 e. The number of nitrogens with one attached hydrogen (secondary N) is 1. The largest absolute Gasteiger partial charge is 0.439 e. The number of carbonyl (C=O) groups is 1. The van der Waals surface area contributed by atoms with Gasteiger partial charge in [0.05, 0.1) is 0 Å². The summed E-state index contributed by atoms with van der Waals surface area (Å²) in [6, 6.07) is 16.0. The number of imidazole rings is 1. The van der Waals surface area contributed by atoms with Gasteiger partial charge >= 0.3 is 0 Å². The molecule has 0 saturated carbocycles. The van der Waals surface area contributed by atoms with Gasteiger partial charge in [0.15, 0.2) is 0 Å². The van der Waals surface area contributed by atoms with Crippen LogP contribution < -0.4 is 10.1 Å². The van der Waals surface area contributed by atoms with Gasteiger partial charge in [0.1, 0.15) is 24.2 Å². The highest BCUT2D eigenvalue weighted by molar-refractivity contribution is 9.10. The highest BCUT2D eigenvalue weighted by atomic mass is 79.9. The van der Waals surface area contributed by atoms with Crippen molar-refractivity contribution in [2.45, 2.75) is 0 Å². The van der Waals surface area contributed by atoms with Crippen molar-refractivity contribution in [1.82, 2.24) is 19.5 Å². The SMILES string of the molecule is O=C(Nc1ccc(Oc2cc(-n3ccnc3)ncn2)cc1)c1cccc(Br)c1. The zero-order chi connectivity index (χ0) is 19.3. The zero-order valence-electron chi connectivity index (χ0n) is 14.5. The Morgan fingerprint density at radius 2 is 1.93 bits per heavy atom. The molecule has 8 heteroatoms. The lowest BCUT2D eigenvalue weighted by Crippen LogP contribution is -2.11. The highest BCUT2D eigenvalue weighted by Gasteiger charge is 2.07. The third kappa shape index (κ3) is 4.24. The predicted octanol–water partition coefficient (Wildman–Crippen LogP) is 4.47. The van der Waals surface area contributed by atoms with Crippen LogP contribution in [0.15, 0.2) is 84.1 Å². The minimum atomic E-state index is -0.184. The number of rotatable bonds is 5. The van der Waals surface area contributed by atoms with Crippen molar-refractivity contribution in [3.63, 3.8) is 0 Å². The molecule has 0 unspecified atom stereocenters. The van der Waals surface area contributed by atoms with E-state index in [0.717, 1.165) is 4.47 Å². The summed E-state index contributed by atoms with van der Waals surface area (Å²) >= 11 is 3.36. The van der Waals surface area contributed by atoms with E-state index in [0.29, 0.717) is 28.7 Å². The fraction of sp³-hybridized carbons (Fsp3) is 0. The molecule has 0 saturated heterocycles. The van der Waals surface area contributed by atoms with Crippen LogP contribution in [0.1, 0.15) is 10.4 Å². The lowest BCUT2D eigenvalue weighted by Gasteiger charge is -2.08. The monoisotopic (exact) mass is 435 g/mol. The smallest absolute Gasteiger partial charge is 0.255 e. The van der Waals surface area contributed by atoms with Crippen LogP contribution in [0.2, 0.25) is 0 Å². The summed E-state index contributed by atoms with van der Waals surface area (Å²) in [7, 11) is 0. The van der Waals surface area contributed by atoms with Gasteiger partial charge in [-0.1, -0.05) is 22.0 Å². The molecule has 2 heterocycles. The second kappa shape index (κ2) is 8.01. The maximum absolute atomic E-state index is 12.3. The predicted molar refractivity (Wildman–Crippen MR) is 108 cm³/mol. The van der Waals surface area contributed by atoms with E-state index in [1.807, 2.05) is 12.1 Å². The van der Waals surface area contributed by atoms with Gasteiger partial charge in [-0.25, -0.2) is 15.0 Å². The number of hydrogen-bond donors (Lipinski definition) is 1. The fourth-order valence-electron chi connectivity index (χ4n) is 2.48. The van der Waals surface area contributed by atoms with Crippen LogP contribution in [0.25, 0.3) is 5.82 Å². The molecule has 138 valence electrons. The van der Waals surface area contributed by atoms with E-state index in [1.165, 1.54) is 6.33 Å². The minimum absolute atomic E-state index is 0.184. The lowest BCUT2D eigenvalue weighted by atomic mass is 10.2. The molecule has 0 spiro atoms. The van der Waals surface area contributed by atoms with Crippen molar-refractivity contribution in [3.05, 3.63) is 89.7 Å². The Balaban J connectivity index is 1.44. The number of anilines is 1. The number of carbonyl (C=O) groups excluding carboxylic acids is 1. The Kier molecular flexibility index (Phi) is 5.11. The number of hydrogen-bond acceptors (Lipinski definition) is 5. The van der Waals surface area contributed by atoms with Crippen molar-refractivity contribution in [1.29, 1.82) is 0 Å². The summed E-state index contributed by atoms with van der Waals surface area (Å²) in [4.78, 5) is 24.6. The second-order valence-corrected chi connectivity index (χ2v) is 6.69. The molecule has 0 aliphatic rings. The van der Waals surface area contributed by atoms with Gasteiger partial charge in [-0.3, -0.25) is 9.36 Å². The van der Waals surface area contributed by atoms with E-state index < -0.39 is 0 Å². The van der Waals surface area contributed by atoms with Crippen LogP contribution in [-0.4, -0.2) is 25.4 Å². The van der Waals surface area contributed by atoms with Gasteiger partial charge in [-0.15, -0.1) is 0 Å². The molecule has 28 heavy (non-hydrogen) atoms. The van der Waals surface area contributed by atoms with Crippen LogP contribution in [0.3, 0.4) is 0 Å². The standard InChI is InChI=1S/C20H14BrN5O2/c21-15-3-1-2-14(10-15)20(27)25-16-4-6-17(7-5-16)28-19-11-18(23-12-24-19)26-9-8-22-13-26/h1-13H,(H,25,27). The second-order valence-electron chi connectivity index (χ2n) is 5.78. The average molecular weight is 436 g/mol. The van der Waals surface area contributed by atoms with E-state index in [2.05, 4.69) is 36.2 Å².